The van der Waals surface area contributed by atoms with E-state index in [2.05, 4.69) is 29.6 Å². The number of carbonyl (C=O) groups is 2. The summed E-state index contributed by atoms with van der Waals surface area (Å²) in [5.41, 5.74) is 6.56. The summed E-state index contributed by atoms with van der Waals surface area (Å²) in [5, 5.41) is 13.8. The number of rotatable bonds is 5. The highest BCUT2D eigenvalue weighted by atomic mass is 16.6. The van der Waals surface area contributed by atoms with E-state index in [9.17, 15) is 19.7 Å². The van der Waals surface area contributed by atoms with Crippen LogP contribution in [0, 0.1) is 10.1 Å². The second kappa shape index (κ2) is 10.1. The quantitative estimate of drug-likeness (QED) is 0.254. The smallest absolute Gasteiger partial charge is 0.410 e. The number of nitrogens with one attached hydrogen (secondary N) is 1. The Morgan fingerprint density at radius 3 is 2.08 bits per heavy atom. The molecule has 1 aliphatic carbocycles. The zero-order valence-corrected chi connectivity index (χ0v) is 20.9. The second-order valence-corrected chi connectivity index (χ2v) is 9.64. The van der Waals surface area contributed by atoms with Gasteiger partial charge in [-0.05, 0) is 51.9 Å². The van der Waals surface area contributed by atoms with E-state index in [4.69, 9.17) is 4.74 Å². The number of hydrogen-bond donors (Lipinski definition) is 1. The Balaban J connectivity index is 1.24. The molecule has 1 aliphatic heterocycles. The number of nitro groups is 1. The molecule has 0 radical (unpaired) electrons. The summed E-state index contributed by atoms with van der Waals surface area (Å²) in [6.45, 7) is 0.480. The van der Waals surface area contributed by atoms with Gasteiger partial charge in [-0.2, -0.15) is 0 Å². The molecular formula is C31H25N3O5. The molecule has 0 fully saturated rings. The highest BCUT2D eigenvalue weighted by Gasteiger charge is 2.38. The molecule has 39 heavy (non-hydrogen) atoms. The summed E-state index contributed by atoms with van der Waals surface area (Å²) in [6.07, 6.45) is 0.0389. The van der Waals surface area contributed by atoms with Crippen LogP contribution in [0.2, 0.25) is 0 Å². The van der Waals surface area contributed by atoms with E-state index in [-0.39, 0.29) is 18.2 Å². The molecular weight excluding hydrogens is 494 g/mol. The lowest BCUT2D eigenvalue weighted by atomic mass is 9.92. The third-order valence-electron chi connectivity index (χ3n) is 7.45. The molecule has 2 amide bonds. The number of carbonyl (C=O) groups excluding carboxylic acids is 2. The van der Waals surface area contributed by atoms with E-state index < -0.39 is 23.0 Å². The van der Waals surface area contributed by atoms with E-state index in [1.54, 1.807) is 0 Å². The number of nitro benzene ring substituents is 1. The van der Waals surface area contributed by atoms with Crippen molar-refractivity contribution in [2.75, 3.05) is 18.5 Å². The second-order valence-electron chi connectivity index (χ2n) is 9.64. The maximum absolute atomic E-state index is 13.6. The van der Waals surface area contributed by atoms with Gasteiger partial charge in [-0.15, -0.1) is 0 Å². The summed E-state index contributed by atoms with van der Waals surface area (Å²) in [7, 11) is 0. The van der Waals surface area contributed by atoms with Crippen LogP contribution in [0.15, 0.2) is 97.1 Å². The van der Waals surface area contributed by atoms with Crippen LogP contribution >= 0.6 is 0 Å². The first-order chi connectivity index (χ1) is 19.0. The highest BCUT2D eigenvalue weighted by Crippen LogP contribution is 2.44. The molecule has 0 bridgehead atoms. The minimum atomic E-state index is -0.902. The molecule has 194 valence electrons. The first kappa shape index (κ1) is 24.4. The van der Waals surface area contributed by atoms with Crippen molar-refractivity contribution in [2.45, 2.75) is 18.4 Å². The van der Waals surface area contributed by atoms with Crippen LogP contribution in [0.3, 0.4) is 0 Å². The Bertz CT molecular complexity index is 1540. The zero-order chi connectivity index (χ0) is 26.9. The van der Waals surface area contributed by atoms with Crippen molar-refractivity contribution < 1.29 is 19.2 Å². The molecule has 0 aromatic heterocycles. The van der Waals surface area contributed by atoms with Gasteiger partial charge in [0.2, 0.25) is 0 Å². The predicted molar refractivity (Wildman–Crippen MR) is 146 cm³/mol. The van der Waals surface area contributed by atoms with Crippen LogP contribution in [-0.4, -0.2) is 35.0 Å². The fourth-order valence-electron chi connectivity index (χ4n) is 5.60. The topological polar surface area (TPSA) is 102 Å². The maximum Gasteiger partial charge on any atom is 0.410 e. The molecule has 2 aliphatic rings. The summed E-state index contributed by atoms with van der Waals surface area (Å²) in [5.74, 6) is -0.504. The number of hydrogen-bond acceptors (Lipinski definition) is 5. The molecule has 8 heteroatoms. The van der Waals surface area contributed by atoms with Crippen molar-refractivity contribution in [1.82, 2.24) is 4.90 Å². The molecule has 1 N–H and O–H groups in total. The third-order valence-corrected chi connectivity index (χ3v) is 7.45. The highest BCUT2D eigenvalue weighted by molar-refractivity contribution is 5.98. The van der Waals surface area contributed by atoms with E-state index >= 15 is 0 Å². The number of ether oxygens (including phenoxy) is 1. The first-order valence-corrected chi connectivity index (χ1v) is 12.8. The number of fused-ring (bicyclic) bond motifs is 4. The fraction of sp³-hybridized carbons (Fsp3) is 0.161. The van der Waals surface area contributed by atoms with Crippen LogP contribution < -0.4 is 5.32 Å². The molecule has 0 unspecified atom stereocenters. The van der Waals surface area contributed by atoms with Gasteiger partial charge >= 0.3 is 6.09 Å². The van der Waals surface area contributed by atoms with Gasteiger partial charge < -0.3 is 10.1 Å². The zero-order valence-electron chi connectivity index (χ0n) is 20.9. The SMILES string of the molecule is O=C(Nc1ccc([N+](=O)[O-])cc1)[C@@H]1c2ccccc2CCN1C(=O)OCC1c2ccccc2-c2ccccc21. The Hall–Kier alpha value is -4.98. The minimum absolute atomic E-state index is 0.0729. The van der Waals surface area contributed by atoms with Crippen molar-refractivity contribution in [3.05, 3.63) is 129 Å². The molecule has 0 saturated heterocycles. The lowest BCUT2D eigenvalue weighted by Crippen LogP contribution is -2.45. The Labute approximate surface area is 225 Å². The number of anilines is 1. The first-order valence-electron chi connectivity index (χ1n) is 12.8. The van der Waals surface area contributed by atoms with E-state index in [0.717, 1.165) is 33.4 Å². The Kier molecular flexibility index (Phi) is 6.28. The maximum atomic E-state index is 13.6. The van der Waals surface area contributed by atoms with Gasteiger partial charge in [0.15, 0.2) is 0 Å². The summed E-state index contributed by atoms with van der Waals surface area (Å²) < 4.78 is 5.90. The van der Waals surface area contributed by atoms with Crippen molar-refractivity contribution in [3.8, 4) is 11.1 Å². The van der Waals surface area contributed by atoms with E-state index in [1.807, 2.05) is 48.5 Å². The van der Waals surface area contributed by atoms with Crippen LogP contribution in [0.25, 0.3) is 11.1 Å². The average Bonchev–Trinajstić information content (AvgIpc) is 3.29. The molecule has 4 aromatic rings. The number of nitrogens with zero attached hydrogens (tertiary/aromatic N) is 2. The van der Waals surface area contributed by atoms with Gasteiger partial charge in [-0.3, -0.25) is 19.8 Å². The molecule has 0 saturated carbocycles. The van der Waals surface area contributed by atoms with Gasteiger partial charge in [-0.1, -0.05) is 72.8 Å². The molecule has 0 spiro atoms. The normalized spacial score (nSPS) is 15.6. The minimum Gasteiger partial charge on any atom is -0.448 e. The van der Waals surface area contributed by atoms with Gasteiger partial charge in [0.05, 0.1) is 4.92 Å². The Morgan fingerprint density at radius 1 is 0.846 bits per heavy atom. The van der Waals surface area contributed by atoms with Gasteiger partial charge in [0.1, 0.15) is 12.6 Å². The molecule has 4 aromatic carbocycles. The summed E-state index contributed by atoms with van der Waals surface area (Å²) in [6, 6.07) is 28.5. The van der Waals surface area contributed by atoms with Crippen LogP contribution in [0.5, 0.6) is 0 Å². The Morgan fingerprint density at radius 2 is 1.44 bits per heavy atom. The van der Waals surface area contributed by atoms with Gasteiger partial charge in [0.25, 0.3) is 11.6 Å². The molecule has 6 rings (SSSR count). The summed E-state index contributed by atoms with van der Waals surface area (Å²) in [4.78, 5) is 39.0. The van der Waals surface area contributed by atoms with Crippen LogP contribution in [0.4, 0.5) is 16.2 Å². The van der Waals surface area contributed by atoms with Crippen LogP contribution in [0.1, 0.15) is 34.2 Å². The van der Waals surface area contributed by atoms with Crippen molar-refractivity contribution in [2.24, 2.45) is 0 Å². The fourth-order valence-corrected chi connectivity index (χ4v) is 5.60. The average molecular weight is 520 g/mol. The van der Waals surface area contributed by atoms with E-state index in [0.29, 0.717) is 18.7 Å². The molecule has 1 atom stereocenters. The largest absolute Gasteiger partial charge is 0.448 e. The molecule has 1 heterocycles. The van der Waals surface area contributed by atoms with Crippen molar-refractivity contribution >= 4 is 23.4 Å². The summed E-state index contributed by atoms with van der Waals surface area (Å²) >= 11 is 0. The van der Waals surface area contributed by atoms with Gasteiger partial charge in [-0.25, -0.2) is 4.79 Å². The predicted octanol–water partition coefficient (Wildman–Crippen LogP) is 6.08. The van der Waals surface area contributed by atoms with Crippen LogP contribution in [-0.2, 0) is 16.0 Å². The number of benzene rings is 4. The lowest BCUT2D eigenvalue weighted by Gasteiger charge is -2.35. The lowest BCUT2D eigenvalue weighted by molar-refractivity contribution is -0.384. The van der Waals surface area contributed by atoms with Gasteiger partial charge in [0, 0.05) is 30.3 Å². The van der Waals surface area contributed by atoms with E-state index in [1.165, 1.54) is 29.2 Å². The monoisotopic (exact) mass is 519 g/mol. The van der Waals surface area contributed by atoms with Crippen molar-refractivity contribution in [1.29, 1.82) is 0 Å². The van der Waals surface area contributed by atoms with Crippen molar-refractivity contribution in [3.63, 3.8) is 0 Å². The number of amides is 2. The number of non-ortho nitro benzene ring substituents is 1. The third kappa shape index (κ3) is 4.50. The standard InChI is InChI=1S/C31H25N3O5/c35-30(32-21-13-15-22(16-14-21)34(37)38)29-23-8-2-1-7-20(23)17-18-33(29)31(36)39-19-28-26-11-5-3-9-24(26)25-10-4-6-12-27(25)28/h1-16,28-29H,17-19H2,(H,32,35)/t29-/m0/s1. The molecule has 8 nitrogen and oxygen atoms in total.